The Labute approximate surface area is 238 Å². The topological polar surface area (TPSA) is 0 Å². The molecule has 0 aromatic heterocycles. The average molecular weight is 543 g/mol. The summed E-state index contributed by atoms with van der Waals surface area (Å²) >= 11 is 1.75. The van der Waals surface area contributed by atoms with Crippen LogP contribution in [-0.4, -0.2) is 4.82 Å². The van der Waals surface area contributed by atoms with Crippen LogP contribution in [0.25, 0.3) is 43.8 Å². The minimum atomic E-state index is 0. The van der Waals surface area contributed by atoms with E-state index in [4.69, 9.17) is 0 Å². The molecule has 6 aromatic carbocycles. The first-order valence-corrected chi connectivity index (χ1v) is 12.6. The molecule has 6 aromatic rings. The summed E-state index contributed by atoms with van der Waals surface area (Å²) in [6.45, 7) is 4.28. The quantitative estimate of drug-likeness (QED) is 0.233. The third kappa shape index (κ3) is 7.15. The van der Waals surface area contributed by atoms with Crippen molar-refractivity contribution in [2.24, 2.45) is 0 Å². The number of fused-ring (bicyclic) bond motifs is 2. The fourth-order valence-corrected chi connectivity index (χ4v) is 4.35. The Bertz CT molecular complexity index is 1380. The standard InChI is InChI=1S/2C16H13.CH2.2ClH.Ti/c2*1-12-9-14-7-8-15(11-16(14)10-12)13-5-3-2-4-6-13;;;;/h2*2-11H,1H3;1H2;2*1H;/q2*-1;;;;+2/p-2. The van der Waals surface area contributed by atoms with Gasteiger partial charge in [-0.25, -0.2) is 0 Å². The Kier molecular flexibility index (Phi) is 11.6. The molecule has 0 unspecified atom stereocenters. The first kappa shape index (κ1) is 29.5. The molecule has 0 radical (unpaired) electrons. The van der Waals surface area contributed by atoms with Gasteiger partial charge in [0.15, 0.2) is 0 Å². The van der Waals surface area contributed by atoms with Gasteiger partial charge in [-0.05, 0) is 22.3 Å². The molecule has 0 aliphatic rings. The number of hydrogen-bond acceptors (Lipinski definition) is 0. The van der Waals surface area contributed by atoms with Crippen LogP contribution in [0.4, 0.5) is 0 Å². The Morgan fingerprint density at radius 1 is 0.472 bits per heavy atom. The fourth-order valence-electron chi connectivity index (χ4n) is 4.35. The van der Waals surface area contributed by atoms with E-state index in [1.165, 1.54) is 54.9 Å². The third-order valence-electron chi connectivity index (χ3n) is 5.92. The van der Waals surface area contributed by atoms with Gasteiger partial charge >= 0.3 is 24.8 Å². The van der Waals surface area contributed by atoms with Crippen LogP contribution in [0, 0.1) is 13.8 Å². The molecule has 36 heavy (non-hydrogen) atoms. The van der Waals surface area contributed by atoms with E-state index in [1.54, 1.807) is 20.0 Å². The second-order valence-corrected chi connectivity index (χ2v) is 8.48. The number of aryl methyl sites for hydroxylation is 2. The normalized spacial score (nSPS) is 9.78. The van der Waals surface area contributed by atoms with E-state index in [1.807, 2.05) is 0 Å². The third-order valence-corrected chi connectivity index (χ3v) is 5.92. The SMILES string of the molecule is Cc1cc2cc(-c3ccccc3)ccc2[cH-]1.Cc1cc2cc(-c3ccccc3)ccc2[cH-]1.[CH2]=[Ti+2].[Cl-].[Cl-]. The maximum Gasteiger partial charge on any atom is -1.00 e. The predicted octanol–water partition coefficient (Wildman–Crippen LogP) is 3.04. The Morgan fingerprint density at radius 3 is 1.19 bits per heavy atom. The molecule has 0 N–H and O–H groups in total. The average Bonchev–Trinajstić information content (AvgIpc) is 3.46. The summed E-state index contributed by atoms with van der Waals surface area (Å²) in [7, 11) is 0. The molecule has 0 bridgehead atoms. The van der Waals surface area contributed by atoms with E-state index < -0.39 is 0 Å². The van der Waals surface area contributed by atoms with Crippen molar-refractivity contribution in [2.45, 2.75) is 13.8 Å². The van der Waals surface area contributed by atoms with Gasteiger partial charge in [0.1, 0.15) is 0 Å². The van der Waals surface area contributed by atoms with Crippen LogP contribution >= 0.6 is 0 Å². The van der Waals surface area contributed by atoms with Gasteiger partial charge in [-0.15, -0.1) is 56.9 Å². The summed E-state index contributed by atoms with van der Waals surface area (Å²) < 4.78 is 0. The van der Waals surface area contributed by atoms with Crippen molar-refractivity contribution >= 4 is 26.4 Å². The van der Waals surface area contributed by atoms with Crippen molar-refractivity contribution in [3.63, 3.8) is 0 Å². The van der Waals surface area contributed by atoms with E-state index in [0.29, 0.717) is 0 Å². The van der Waals surface area contributed by atoms with Crippen molar-refractivity contribution in [3.8, 4) is 22.3 Å². The van der Waals surface area contributed by atoms with Gasteiger partial charge in [0.25, 0.3) is 0 Å². The minimum absolute atomic E-state index is 0. The molecule has 6 rings (SSSR count). The Morgan fingerprint density at radius 2 is 0.833 bits per heavy atom. The van der Waals surface area contributed by atoms with E-state index in [9.17, 15) is 0 Å². The van der Waals surface area contributed by atoms with Gasteiger partial charge in [0.2, 0.25) is 0 Å². The van der Waals surface area contributed by atoms with Crippen LogP contribution in [0.1, 0.15) is 11.1 Å². The molecule has 180 valence electrons. The van der Waals surface area contributed by atoms with E-state index in [0.717, 1.165) is 0 Å². The first-order valence-electron chi connectivity index (χ1n) is 11.5. The molecule has 0 fully saturated rings. The number of halogens is 2. The summed E-state index contributed by atoms with van der Waals surface area (Å²) in [5.74, 6) is 0. The number of benzene rings is 4. The first-order chi connectivity index (χ1) is 16.7. The molecule has 0 nitrogen and oxygen atoms in total. The molecular formula is C33H28Cl2Ti-2. The predicted molar refractivity (Wildman–Crippen MR) is 147 cm³/mol. The summed E-state index contributed by atoms with van der Waals surface area (Å²) in [6.07, 6.45) is 0. The summed E-state index contributed by atoms with van der Waals surface area (Å²) in [4.78, 5) is 3.25. The minimum Gasteiger partial charge on any atom is -1.00 e. The molecule has 0 atom stereocenters. The molecule has 0 spiro atoms. The Hall–Kier alpha value is -2.74. The van der Waals surface area contributed by atoms with Crippen LogP contribution in [0.2, 0.25) is 0 Å². The molecule has 3 heteroatoms. The van der Waals surface area contributed by atoms with E-state index in [-0.39, 0.29) is 24.8 Å². The van der Waals surface area contributed by atoms with Crippen molar-refractivity contribution in [3.05, 3.63) is 132 Å². The zero-order valence-corrected chi connectivity index (χ0v) is 23.6. The second kappa shape index (κ2) is 14.1. The summed E-state index contributed by atoms with van der Waals surface area (Å²) in [5.41, 5.74) is 7.81. The zero-order chi connectivity index (χ0) is 23.9. The molecule has 0 aliphatic heterocycles. The van der Waals surface area contributed by atoms with Gasteiger partial charge in [-0.2, -0.15) is 12.1 Å². The maximum atomic E-state index is 3.25. The fraction of sp³-hybridized carbons (Fsp3) is 0.0606. The van der Waals surface area contributed by atoms with Crippen LogP contribution in [0.15, 0.2) is 121 Å². The van der Waals surface area contributed by atoms with Crippen molar-refractivity contribution in [1.82, 2.24) is 0 Å². The van der Waals surface area contributed by atoms with Gasteiger partial charge in [-0.3, -0.25) is 0 Å². The largest absolute Gasteiger partial charge is 1.00 e. The smallest absolute Gasteiger partial charge is 1.00 e. The monoisotopic (exact) mass is 542 g/mol. The van der Waals surface area contributed by atoms with Crippen molar-refractivity contribution in [2.75, 3.05) is 0 Å². The van der Waals surface area contributed by atoms with Crippen LogP contribution in [0.3, 0.4) is 0 Å². The molecule has 0 saturated heterocycles. The van der Waals surface area contributed by atoms with Gasteiger partial charge in [0.05, 0.1) is 0 Å². The second-order valence-electron chi connectivity index (χ2n) is 8.48. The number of rotatable bonds is 2. The van der Waals surface area contributed by atoms with Crippen LogP contribution in [0.5, 0.6) is 0 Å². The number of hydrogen-bond donors (Lipinski definition) is 0. The summed E-state index contributed by atoms with van der Waals surface area (Å²) in [6, 6.07) is 43.2. The molecule has 0 saturated carbocycles. The molecule has 0 aliphatic carbocycles. The van der Waals surface area contributed by atoms with Crippen molar-refractivity contribution in [1.29, 1.82) is 0 Å². The van der Waals surface area contributed by atoms with E-state index >= 15 is 0 Å². The Balaban J connectivity index is 0.000000226. The maximum absolute atomic E-state index is 3.25. The molecular weight excluding hydrogens is 515 g/mol. The molecule has 0 amide bonds. The molecule has 0 heterocycles. The van der Waals surface area contributed by atoms with Crippen molar-refractivity contribution < 1.29 is 44.8 Å². The van der Waals surface area contributed by atoms with Gasteiger partial charge in [-0.1, -0.05) is 98.8 Å². The van der Waals surface area contributed by atoms with Crippen LogP contribution < -0.4 is 24.8 Å². The van der Waals surface area contributed by atoms with Crippen LogP contribution in [-0.2, 0) is 20.0 Å². The zero-order valence-electron chi connectivity index (χ0n) is 20.5. The summed E-state index contributed by atoms with van der Waals surface area (Å²) in [5, 5.41) is 5.33. The van der Waals surface area contributed by atoms with E-state index in [2.05, 4.69) is 140 Å². The van der Waals surface area contributed by atoms with Gasteiger partial charge < -0.3 is 24.8 Å². The van der Waals surface area contributed by atoms with Gasteiger partial charge in [0, 0.05) is 0 Å².